The molecule has 0 aromatic heterocycles. The van der Waals surface area contributed by atoms with E-state index in [0.29, 0.717) is 12.2 Å². The lowest BCUT2D eigenvalue weighted by Crippen LogP contribution is -2.46. The van der Waals surface area contributed by atoms with Crippen molar-refractivity contribution in [2.45, 2.75) is 18.9 Å². The van der Waals surface area contributed by atoms with Gasteiger partial charge in [-0.25, -0.2) is 4.39 Å². The highest BCUT2D eigenvalue weighted by molar-refractivity contribution is 8.03. The SMILES string of the molecule is N#CC1=C2SCN(Cc3ccccc3)CN2C(=O)C[C@H]1c1ccc(F)cc1. The molecule has 2 aliphatic heterocycles. The van der Waals surface area contributed by atoms with E-state index in [0.717, 1.165) is 23.0 Å². The predicted molar refractivity (Wildman–Crippen MR) is 103 cm³/mol. The summed E-state index contributed by atoms with van der Waals surface area (Å²) < 4.78 is 13.2. The molecule has 6 heteroatoms. The van der Waals surface area contributed by atoms with E-state index in [1.165, 1.54) is 29.5 Å². The van der Waals surface area contributed by atoms with Crippen LogP contribution < -0.4 is 0 Å². The molecule has 1 fully saturated rings. The molecule has 1 atom stereocenters. The topological polar surface area (TPSA) is 47.3 Å². The van der Waals surface area contributed by atoms with E-state index in [9.17, 15) is 14.4 Å². The van der Waals surface area contributed by atoms with Gasteiger partial charge in [-0.05, 0) is 23.3 Å². The highest BCUT2D eigenvalue weighted by atomic mass is 32.2. The Morgan fingerprint density at radius 1 is 1.15 bits per heavy atom. The van der Waals surface area contributed by atoms with Crippen LogP contribution in [0, 0.1) is 17.1 Å². The van der Waals surface area contributed by atoms with Gasteiger partial charge in [0.15, 0.2) is 0 Å². The number of rotatable bonds is 3. The zero-order chi connectivity index (χ0) is 18.8. The monoisotopic (exact) mass is 379 g/mol. The summed E-state index contributed by atoms with van der Waals surface area (Å²) in [4.78, 5) is 16.7. The first-order valence-corrected chi connectivity index (χ1v) is 9.73. The number of thioether (sulfide) groups is 1. The van der Waals surface area contributed by atoms with Crippen LogP contribution in [0.5, 0.6) is 0 Å². The first-order valence-electron chi connectivity index (χ1n) is 8.75. The summed E-state index contributed by atoms with van der Waals surface area (Å²) >= 11 is 1.53. The molecule has 1 amide bonds. The maximum atomic E-state index is 13.2. The average molecular weight is 379 g/mol. The highest BCUT2D eigenvalue weighted by Gasteiger charge is 2.38. The standard InChI is InChI=1S/C21H18FN3OS/c22-17-8-6-16(7-9-17)18-10-20(26)25-13-24(12-15-4-2-1-3-5-15)14-27-21(25)19(18)11-23/h1-9,18H,10,12-14H2/t18-/m0/s1. The summed E-state index contributed by atoms with van der Waals surface area (Å²) in [5, 5.41) is 10.5. The average Bonchev–Trinajstić information content (AvgIpc) is 2.69. The maximum absolute atomic E-state index is 13.2. The van der Waals surface area contributed by atoms with Crippen LogP contribution in [0.3, 0.4) is 0 Å². The Balaban J connectivity index is 1.59. The second-order valence-corrected chi connectivity index (χ2v) is 7.62. The van der Waals surface area contributed by atoms with Gasteiger partial charge in [-0.1, -0.05) is 54.2 Å². The molecule has 2 aromatic rings. The zero-order valence-electron chi connectivity index (χ0n) is 14.6. The Bertz CT molecular complexity index is 921. The quantitative estimate of drug-likeness (QED) is 0.808. The van der Waals surface area contributed by atoms with Crippen molar-refractivity contribution in [3.05, 3.63) is 82.1 Å². The van der Waals surface area contributed by atoms with Crippen molar-refractivity contribution in [2.24, 2.45) is 0 Å². The van der Waals surface area contributed by atoms with Crippen molar-refractivity contribution < 1.29 is 9.18 Å². The number of amides is 1. The molecule has 0 bridgehead atoms. The number of carbonyl (C=O) groups excluding carboxylic acids is 1. The molecule has 0 N–H and O–H groups in total. The third-order valence-electron chi connectivity index (χ3n) is 4.87. The molecule has 1 saturated heterocycles. The van der Waals surface area contributed by atoms with Gasteiger partial charge in [0.1, 0.15) is 5.82 Å². The second-order valence-electron chi connectivity index (χ2n) is 6.69. The van der Waals surface area contributed by atoms with E-state index >= 15 is 0 Å². The van der Waals surface area contributed by atoms with Gasteiger partial charge in [0, 0.05) is 18.9 Å². The van der Waals surface area contributed by atoms with Gasteiger partial charge in [-0.2, -0.15) is 5.26 Å². The Kier molecular flexibility index (Phi) is 4.97. The molecule has 2 aromatic carbocycles. The Morgan fingerprint density at radius 3 is 2.59 bits per heavy atom. The summed E-state index contributed by atoms with van der Waals surface area (Å²) in [6.45, 7) is 1.24. The number of nitrogens with zero attached hydrogens (tertiary/aromatic N) is 3. The number of carbonyl (C=O) groups is 1. The molecule has 4 rings (SSSR count). The van der Waals surface area contributed by atoms with Crippen molar-refractivity contribution in [1.82, 2.24) is 9.80 Å². The van der Waals surface area contributed by atoms with Gasteiger partial charge in [-0.15, -0.1) is 0 Å². The molecule has 0 aliphatic carbocycles. The van der Waals surface area contributed by atoms with Gasteiger partial charge < -0.3 is 0 Å². The van der Waals surface area contributed by atoms with Gasteiger partial charge in [0.25, 0.3) is 0 Å². The van der Waals surface area contributed by atoms with Crippen LogP contribution >= 0.6 is 11.8 Å². The maximum Gasteiger partial charge on any atom is 0.229 e. The molecule has 0 spiro atoms. The smallest absolute Gasteiger partial charge is 0.229 e. The fourth-order valence-electron chi connectivity index (χ4n) is 3.53. The van der Waals surface area contributed by atoms with Crippen LogP contribution in [0.15, 0.2) is 65.2 Å². The largest absolute Gasteiger partial charge is 0.292 e. The summed E-state index contributed by atoms with van der Waals surface area (Å²) in [6, 6.07) is 18.5. The summed E-state index contributed by atoms with van der Waals surface area (Å²) in [7, 11) is 0. The Labute approximate surface area is 161 Å². The lowest BCUT2D eigenvalue weighted by Gasteiger charge is -2.41. The minimum absolute atomic E-state index is 0.00332. The predicted octanol–water partition coefficient (Wildman–Crippen LogP) is 4.04. The molecule has 27 heavy (non-hydrogen) atoms. The number of hydrogen-bond donors (Lipinski definition) is 0. The minimum Gasteiger partial charge on any atom is -0.292 e. The van der Waals surface area contributed by atoms with Gasteiger partial charge in [-0.3, -0.25) is 14.6 Å². The molecule has 0 saturated carbocycles. The number of fused-ring (bicyclic) bond motifs is 1. The third kappa shape index (κ3) is 3.61. The molecule has 136 valence electrons. The van der Waals surface area contributed by atoms with Gasteiger partial charge in [0.2, 0.25) is 5.91 Å². The van der Waals surface area contributed by atoms with E-state index < -0.39 is 0 Å². The van der Waals surface area contributed by atoms with Crippen LogP contribution in [-0.4, -0.2) is 28.3 Å². The summed E-state index contributed by atoms with van der Waals surface area (Å²) in [5.74, 6) is 0.0957. The molecule has 2 heterocycles. The fourth-order valence-corrected chi connectivity index (χ4v) is 4.67. The summed E-state index contributed by atoms with van der Waals surface area (Å²) in [5.41, 5.74) is 2.60. The van der Waals surface area contributed by atoms with Crippen molar-refractivity contribution in [1.29, 1.82) is 5.26 Å². The lowest BCUT2D eigenvalue weighted by molar-refractivity contribution is -0.131. The summed E-state index contributed by atoms with van der Waals surface area (Å²) in [6.07, 6.45) is 0.234. The third-order valence-corrected chi connectivity index (χ3v) is 6.08. The molecular formula is C21H18FN3OS. The van der Waals surface area contributed by atoms with Crippen molar-refractivity contribution in [3.8, 4) is 6.07 Å². The highest BCUT2D eigenvalue weighted by Crippen LogP contribution is 2.42. The number of nitriles is 1. The van der Waals surface area contributed by atoms with Crippen molar-refractivity contribution in [3.63, 3.8) is 0 Å². The number of benzene rings is 2. The first kappa shape index (κ1) is 17.8. The minimum atomic E-state index is -0.322. The number of hydrogen-bond acceptors (Lipinski definition) is 4. The number of allylic oxidation sites excluding steroid dienone is 1. The van der Waals surface area contributed by atoms with Crippen LogP contribution in [0.1, 0.15) is 23.5 Å². The van der Waals surface area contributed by atoms with Crippen LogP contribution in [0.2, 0.25) is 0 Å². The second kappa shape index (κ2) is 7.55. The van der Waals surface area contributed by atoms with E-state index in [1.54, 1.807) is 17.0 Å². The van der Waals surface area contributed by atoms with Crippen LogP contribution in [0.4, 0.5) is 4.39 Å². The van der Waals surface area contributed by atoms with Gasteiger partial charge >= 0.3 is 0 Å². The molecular weight excluding hydrogens is 361 g/mol. The normalized spacial score (nSPS) is 20.4. The Morgan fingerprint density at radius 2 is 1.89 bits per heavy atom. The van der Waals surface area contributed by atoms with E-state index in [2.05, 4.69) is 23.1 Å². The molecule has 2 aliphatic rings. The lowest BCUT2D eigenvalue weighted by atomic mass is 9.86. The zero-order valence-corrected chi connectivity index (χ0v) is 15.5. The van der Waals surface area contributed by atoms with Crippen molar-refractivity contribution >= 4 is 17.7 Å². The Hall–Kier alpha value is -2.62. The van der Waals surface area contributed by atoms with E-state index in [4.69, 9.17) is 0 Å². The molecule has 0 radical (unpaired) electrons. The molecule has 0 unspecified atom stereocenters. The van der Waals surface area contributed by atoms with Crippen LogP contribution in [0.25, 0.3) is 0 Å². The van der Waals surface area contributed by atoms with E-state index in [-0.39, 0.29) is 24.1 Å². The van der Waals surface area contributed by atoms with E-state index in [1.807, 2.05) is 18.2 Å². The van der Waals surface area contributed by atoms with Gasteiger partial charge in [0.05, 0.1) is 29.2 Å². The number of halogens is 1. The molecule has 4 nitrogen and oxygen atoms in total. The fraction of sp³-hybridized carbons (Fsp3) is 0.238. The van der Waals surface area contributed by atoms with Crippen LogP contribution in [-0.2, 0) is 11.3 Å². The first-order chi connectivity index (χ1) is 13.2. The van der Waals surface area contributed by atoms with Crippen molar-refractivity contribution in [2.75, 3.05) is 12.5 Å².